The van der Waals surface area contributed by atoms with Gasteiger partial charge in [0.1, 0.15) is 5.52 Å². The zero-order chi connectivity index (χ0) is 20.9. The molecule has 0 N–H and O–H groups in total. The SMILES string of the molecule is CCOC(=O)C(CCCO[Si](C)(C)C(C)(C)C)Cc1nc2c(C)cccc2o1. The zero-order valence-corrected chi connectivity index (χ0v) is 19.4. The number of oxazole rings is 1. The van der Waals surface area contributed by atoms with Crippen LogP contribution in [0.25, 0.3) is 11.1 Å². The summed E-state index contributed by atoms with van der Waals surface area (Å²) in [6, 6.07) is 5.87. The molecule has 1 aromatic carbocycles. The number of aryl methyl sites for hydroxylation is 1. The number of ether oxygens (including phenoxy) is 1. The van der Waals surface area contributed by atoms with Crippen molar-refractivity contribution in [2.75, 3.05) is 13.2 Å². The lowest BCUT2D eigenvalue weighted by molar-refractivity contribution is -0.148. The Morgan fingerprint density at radius 2 is 2.00 bits per heavy atom. The van der Waals surface area contributed by atoms with Gasteiger partial charge in [-0.2, -0.15) is 0 Å². The van der Waals surface area contributed by atoms with Gasteiger partial charge in [-0.15, -0.1) is 0 Å². The van der Waals surface area contributed by atoms with E-state index in [1.165, 1.54) is 0 Å². The number of fused-ring (bicyclic) bond motifs is 1. The number of para-hydroxylation sites is 1. The monoisotopic (exact) mass is 405 g/mol. The molecule has 0 fully saturated rings. The van der Waals surface area contributed by atoms with Crippen LogP contribution in [0.4, 0.5) is 0 Å². The third kappa shape index (κ3) is 5.67. The van der Waals surface area contributed by atoms with Gasteiger partial charge in [0.2, 0.25) is 0 Å². The summed E-state index contributed by atoms with van der Waals surface area (Å²) in [6.07, 6.45) is 1.97. The Labute approximate surface area is 169 Å². The van der Waals surface area contributed by atoms with Gasteiger partial charge in [0.25, 0.3) is 0 Å². The second-order valence-electron chi connectivity index (χ2n) is 8.93. The zero-order valence-electron chi connectivity index (χ0n) is 18.4. The van der Waals surface area contributed by atoms with Gasteiger partial charge in [-0.1, -0.05) is 32.9 Å². The highest BCUT2D eigenvalue weighted by Crippen LogP contribution is 2.36. The minimum atomic E-state index is -1.77. The average molecular weight is 406 g/mol. The Hall–Kier alpha value is -1.66. The van der Waals surface area contributed by atoms with Crippen molar-refractivity contribution in [3.8, 4) is 0 Å². The molecule has 1 atom stereocenters. The highest BCUT2D eigenvalue weighted by atomic mass is 28.4. The summed E-state index contributed by atoms with van der Waals surface area (Å²) in [7, 11) is -1.77. The standard InChI is InChI=1S/C22H35NO4Si/c1-8-25-21(24)17(12-10-14-26-28(6,7)22(3,4)5)15-19-23-20-16(2)11-9-13-18(20)27-19/h9,11,13,17H,8,10,12,14-15H2,1-7H3. The summed E-state index contributed by atoms with van der Waals surface area (Å²) in [5.74, 6) is 0.137. The van der Waals surface area contributed by atoms with Crippen LogP contribution < -0.4 is 0 Å². The van der Waals surface area contributed by atoms with Crippen molar-refractivity contribution in [2.24, 2.45) is 5.92 Å². The fourth-order valence-corrected chi connectivity index (χ4v) is 3.95. The molecule has 0 spiro atoms. The molecule has 0 aliphatic rings. The Kier molecular flexibility index (Phi) is 7.45. The molecule has 0 aliphatic heterocycles. The van der Waals surface area contributed by atoms with Crippen molar-refractivity contribution in [3.63, 3.8) is 0 Å². The van der Waals surface area contributed by atoms with Crippen LogP contribution >= 0.6 is 0 Å². The lowest BCUT2D eigenvalue weighted by atomic mass is 10.00. The summed E-state index contributed by atoms with van der Waals surface area (Å²) in [4.78, 5) is 17.1. The molecule has 2 rings (SSSR count). The minimum absolute atomic E-state index is 0.184. The highest BCUT2D eigenvalue weighted by Gasteiger charge is 2.37. The highest BCUT2D eigenvalue weighted by molar-refractivity contribution is 6.74. The second kappa shape index (κ2) is 9.22. The lowest BCUT2D eigenvalue weighted by Crippen LogP contribution is -2.41. The molecule has 0 saturated carbocycles. The smallest absolute Gasteiger partial charge is 0.309 e. The van der Waals surface area contributed by atoms with E-state index in [1.807, 2.05) is 32.0 Å². The van der Waals surface area contributed by atoms with Crippen LogP contribution in [-0.4, -0.2) is 32.5 Å². The van der Waals surface area contributed by atoms with Gasteiger partial charge in [0.05, 0.1) is 12.5 Å². The van der Waals surface area contributed by atoms with Gasteiger partial charge in [-0.25, -0.2) is 4.98 Å². The minimum Gasteiger partial charge on any atom is -0.466 e. The van der Waals surface area contributed by atoms with E-state index in [0.717, 1.165) is 23.1 Å². The van der Waals surface area contributed by atoms with Crippen LogP contribution in [0.15, 0.2) is 22.6 Å². The van der Waals surface area contributed by atoms with Crippen molar-refractivity contribution in [1.82, 2.24) is 4.98 Å². The van der Waals surface area contributed by atoms with E-state index in [4.69, 9.17) is 13.6 Å². The van der Waals surface area contributed by atoms with Crippen molar-refractivity contribution in [3.05, 3.63) is 29.7 Å². The summed E-state index contributed by atoms with van der Waals surface area (Å²) < 4.78 is 17.4. The van der Waals surface area contributed by atoms with Gasteiger partial charge < -0.3 is 13.6 Å². The molecule has 28 heavy (non-hydrogen) atoms. The van der Waals surface area contributed by atoms with E-state index in [0.29, 0.717) is 31.9 Å². The van der Waals surface area contributed by atoms with E-state index in [-0.39, 0.29) is 16.9 Å². The average Bonchev–Trinajstić information content (AvgIpc) is 3.01. The topological polar surface area (TPSA) is 61.6 Å². The number of aromatic nitrogens is 1. The number of nitrogens with zero attached hydrogens (tertiary/aromatic N) is 1. The van der Waals surface area contributed by atoms with Crippen molar-refractivity contribution >= 4 is 25.4 Å². The molecule has 0 saturated heterocycles. The fraction of sp³-hybridized carbons (Fsp3) is 0.636. The number of hydrogen-bond acceptors (Lipinski definition) is 5. The van der Waals surface area contributed by atoms with Crippen LogP contribution in [0, 0.1) is 12.8 Å². The van der Waals surface area contributed by atoms with Crippen LogP contribution in [0.3, 0.4) is 0 Å². The third-order valence-electron chi connectivity index (χ3n) is 5.67. The fourth-order valence-electron chi connectivity index (χ4n) is 2.87. The van der Waals surface area contributed by atoms with E-state index >= 15 is 0 Å². The third-order valence-corrected chi connectivity index (χ3v) is 10.2. The molecule has 1 aromatic heterocycles. The molecule has 156 valence electrons. The van der Waals surface area contributed by atoms with Crippen molar-refractivity contribution in [1.29, 1.82) is 0 Å². The lowest BCUT2D eigenvalue weighted by Gasteiger charge is -2.36. The Bertz CT molecular complexity index is 791. The van der Waals surface area contributed by atoms with Crippen LogP contribution in [0.1, 0.15) is 52.0 Å². The normalized spacial score (nSPS) is 13.7. The molecule has 1 heterocycles. The molecule has 0 aliphatic carbocycles. The molecule has 0 radical (unpaired) electrons. The van der Waals surface area contributed by atoms with Gasteiger partial charge >= 0.3 is 5.97 Å². The van der Waals surface area contributed by atoms with Gasteiger partial charge in [0, 0.05) is 13.0 Å². The number of benzene rings is 1. The quantitative estimate of drug-likeness (QED) is 0.306. The molecular formula is C22H35NO4Si. The van der Waals surface area contributed by atoms with Gasteiger partial charge in [-0.05, 0) is 56.5 Å². The summed E-state index contributed by atoms with van der Waals surface area (Å²) >= 11 is 0. The van der Waals surface area contributed by atoms with Crippen LogP contribution in [0.2, 0.25) is 18.1 Å². The van der Waals surface area contributed by atoms with E-state index in [2.05, 4.69) is 38.8 Å². The molecule has 1 unspecified atom stereocenters. The molecular weight excluding hydrogens is 370 g/mol. The molecule has 2 aromatic rings. The first kappa shape index (κ1) is 22.6. The first-order chi connectivity index (χ1) is 13.0. The Balaban J connectivity index is 2.01. The molecule has 0 bridgehead atoms. The van der Waals surface area contributed by atoms with Crippen molar-refractivity contribution < 1.29 is 18.4 Å². The van der Waals surface area contributed by atoms with Crippen molar-refractivity contribution in [2.45, 2.75) is 72.0 Å². The van der Waals surface area contributed by atoms with E-state index in [9.17, 15) is 4.79 Å². The summed E-state index contributed by atoms with van der Waals surface area (Å²) in [6.45, 7) is 16.1. The number of esters is 1. The Morgan fingerprint density at radius 3 is 2.61 bits per heavy atom. The van der Waals surface area contributed by atoms with E-state index in [1.54, 1.807) is 0 Å². The number of rotatable bonds is 9. The second-order valence-corrected chi connectivity index (χ2v) is 13.7. The first-order valence-electron chi connectivity index (χ1n) is 10.2. The van der Waals surface area contributed by atoms with E-state index < -0.39 is 8.32 Å². The van der Waals surface area contributed by atoms with Gasteiger partial charge in [0.15, 0.2) is 19.8 Å². The summed E-state index contributed by atoms with van der Waals surface area (Å²) in [5, 5.41) is 0.184. The molecule has 6 heteroatoms. The van der Waals surface area contributed by atoms with Crippen LogP contribution in [-0.2, 0) is 20.4 Å². The predicted octanol–water partition coefficient (Wildman–Crippen LogP) is 5.66. The number of carbonyl (C=O) groups is 1. The molecule has 5 nitrogen and oxygen atoms in total. The summed E-state index contributed by atoms with van der Waals surface area (Å²) in [5.41, 5.74) is 2.70. The van der Waals surface area contributed by atoms with Gasteiger partial charge in [-0.3, -0.25) is 4.79 Å². The first-order valence-corrected chi connectivity index (χ1v) is 13.1. The predicted molar refractivity (Wildman–Crippen MR) is 115 cm³/mol. The maximum absolute atomic E-state index is 12.5. The maximum Gasteiger partial charge on any atom is 0.309 e. The Morgan fingerprint density at radius 1 is 1.29 bits per heavy atom. The largest absolute Gasteiger partial charge is 0.466 e. The molecule has 0 amide bonds. The van der Waals surface area contributed by atoms with Crippen LogP contribution in [0.5, 0.6) is 0 Å². The number of hydrogen-bond donors (Lipinski definition) is 0. The number of carbonyl (C=O) groups excluding carboxylic acids is 1. The maximum atomic E-state index is 12.5.